The van der Waals surface area contributed by atoms with Gasteiger partial charge < -0.3 is 10.3 Å². The molecule has 3 rings (SSSR count). The minimum Gasteiger partial charge on any atom is -0.332 e. The molecule has 8 heteroatoms. The van der Waals surface area contributed by atoms with Crippen LogP contribution in [0.3, 0.4) is 0 Å². The first-order valence-corrected chi connectivity index (χ1v) is 7.27. The van der Waals surface area contributed by atoms with Crippen molar-refractivity contribution in [3.63, 3.8) is 0 Å². The van der Waals surface area contributed by atoms with Crippen LogP contribution in [0.2, 0.25) is 0 Å². The first-order chi connectivity index (χ1) is 11.4. The van der Waals surface area contributed by atoms with Gasteiger partial charge in [-0.2, -0.15) is 0 Å². The van der Waals surface area contributed by atoms with E-state index < -0.39 is 17.5 Å². The summed E-state index contributed by atoms with van der Waals surface area (Å²) >= 11 is 5.03. The Kier molecular flexibility index (Phi) is 3.98. The number of halogens is 2. The van der Waals surface area contributed by atoms with Crippen molar-refractivity contribution in [3.05, 3.63) is 68.7 Å². The van der Waals surface area contributed by atoms with Crippen LogP contribution in [-0.2, 0) is 7.05 Å². The maximum atomic E-state index is 13.6. The van der Waals surface area contributed by atoms with Crippen molar-refractivity contribution in [3.8, 4) is 0 Å². The molecule has 0 aliphatic rings. The zero-order chi connectivity index (χ0) is 17.4. The summed E-state index contributed by atoms with van der Waals surface area (Å²) in [6.45, 7) is 0. The Labute approximate surface area is 139 Å². The summed E-state index contributed by atoms with van der Waals surface area (Å²) in [6, 6.07) is 7.23. The molecule has 0 atom stereocenters. The lowest BCUT2D eigenvalue weighted by Crippen LogP contribution is -2.19. The molecule has 24 heavy (non-hydrogen) atoms. The Balaban J connectivity index is 2.00. The number of nitrogens with one attached hydrogen (secondary N) is 2. The van der Waals surface area contributed by atoms with E-state index >= 15 is 0 Å². The van der Waals surface area contributed by atoms with Gasteiger partial charge in [0.15, 0.2) is 4.77 Å². The van der Waals surface area contributed by atoms with Gasteiger partial charge >= 0.3 is 0 Å². The summed E-state index contributed by atoms with van der Waals surface area (Å²) in [5.41, 5.74) is 0.171. The van der Waals surface area contributed by atoms with Crippen LogP contribution in [0.4, 0.5) is 14.5 Å². The average molecular weight is 347 g/mol. The highest BCUT2D eigenvalue weighted by atomic mass is 32.1. The molecule has 0 saturated carbocycles. The number of hydrogen-bond donors (Lipinski definition) is 2. The molecule has 0 spiro atoms. The largest absolute Gasteiger partial charge is 0.332 e. The molecule has 0 bridgehead atoms. The molecule has 1 amide bonds. The molecule has 0 aliphatic carbocycles. The number of carbonyl (C=O) groups excluding carboxylic acids is 1. The summed E-state index contributed by atoms with van der Waals surface area (Å²) < 4.78 is 28.0. The van der Waals surface area contributed by atoms with Gasteiger partial charge in [0.1, 0.15) is 11.6 Å². The van der Waals surface area contributed by atoms with Crippen molar-refractivity contribution >= 4 is 34.7 Å². The molecule has 0 fully saturated rings. The fraction of sp³-hybridized carbons (Fsp3) is 0.0625. The van der Waals surface area contributed by atoms with E-state index in [4.69, 9.17) is 12.2 Å². The number of nitrogens with zero attached hydrogens (tertiary/aromatic N) is 1. The number of benzene rings is 2. The molecule has 122 valence electrons. The van der Waals surface area contributed by atoms with Gasteiger partial charge in [-0.3, -0.25) is 14.2 Å². The zero-order valence-electron chi connectivity index (χ0n) is 12.4. The van der Waals surface area contributed by atoms with Crippen LogP contribution in [0.25, 0.3) is 10.9 Å². The van der Waals surface area contributed by atoms with Crippen LogP contribution >= 0.6 is 12.2 Å². The van der Waals surface area contributed by atoms with Crippen molar-refractivity contribution in [1.29, 1.82) is 0 Å². The molecule has 3 aromatic rings. The van der Waals surface area contributed by atoms with Crippen molar-refractivity contribution in [2.75, 3.05) is 5.32 Å². The molecule has 0 radical (unpaired) electrons. The second-order valence-corrected chi connectivity index (χ2v) is 5.52. The highest BCUT2D eigenvalue weighted by molar-refractivity contribution is 7.71. The van der Waals surface area contributed by atoms with Crippen molar-refractivity contribution in [1.82, 2.24) is 9.55 Å². The summed E-state index contributed by atoms with van der Waals surface area (Å²) in [6.07, 6.45) is 0. The van der Waals surface area contributed by atoms with Gasteiger partial charge in [0.05, 0.1) is 16.6 Å². The Morgan fingerprint density at radius 1 is 1.21 bits per heavy atom. The minimum absolute atomic E-state index is 0.140. The van der Waals surface area contributed by atoms with Crippen LogP contribution in [0, 0.1) is 16.4 Å². The molecule has 2 N–H and O–H groups in total. The summed E-state index contributed by atoms with van der Waals surface area (Å²) in [5.74, 6) is -2.21. The second kappa shape index (κ2) is 5.97. The standard InChI is InChI=1S/C16H11F2N3O2S/c1-21-15(23)10-4-2-8(6-13(10)20-16(21)24)14(22)19-12-5-3-9(17)7-11(12)18/h2-7H,1H3,(H,19,22)(H,20,24). The van der Waals surface area contributed by atoms with Crippen LogP contribution in [0.5, 0.6) is 0 Å². The van der Waals surface area contributed by atoms with Crippen molar-refractivity contribution in [2.45, 2.75) is 0 Å². The van der Waals surface area contributed by atoms with Crippen LogP contribution < -0.4 is 10.9 Å². The molecular formula is C16H11F2N3O2S. The van der Waals surface area contributed by atoms with Gasteiger partial charge in [-0.15, -0.1) is 0 Å². The number of anilines is 1. The average Bonchev–Trinajstić information content (AvgIpc) is 2.54. The third-order valence-corrected chi connectivity index (χ3v) is 3.92. The second-order valence-electron chi connectivity index (χ2n) is 5.13. The highest BCUT2D eigenvalue weighted by Crippen LogP contribution is 2.17. The number of fused-ring (bicyclic) bond motifs is 1. The lowest BCUT2D eigenvalue weighted by molar-refractivity contribution is 0.102. The van der Waals surface area contributed by atoms with Gasteiger partial charge in [-0.25, -0.2) is 8.78 Å². The number of aromatic nitrogens is 2. The zero-order valence-corrected chi connectivity index (χ0v) is 13.2. The fourth-order valence-electron chi connectivity index (χ4n) is 2.23. The quantitative estimate of drug-likeness (QED) is 0.700. The topological polar surface area (TPSA) is 66.9 Å². The van der Waals surface area contributed by atoms with E-state index in [1.54, 1.807) is 7.05 Å². The van der Waals surface area contributed by atoms with Crippen molar-refractivity contribution in [2.24, 2.45) is 7.05 Å². The number of H-pyrrole nitrogens is 1. The van der Waals surface area contributed by atoms with E-state index in [2.05, 4.69) is 10.3 Å². The van der Waals surface area contributed by atoms with Gasteiger partial charge in [0.25, 0.3) is 11.5 Å². The van der Waals surface area contributed by atoms with E-state index in [1.807, 2.05) is 0 Å². The highest BCUT2D eigenvalue weighted by Gasteiger charge is 2.12. The van der Waals surface area contributed by atoms with E-state index in [0.29, 0.717) is 17.0 Å². The smallest absolute Gasteiger partial charge is 0.261 e. The van der Waals surface area contributed by atoms with Gasteiger partial charge in [-0.1, -0.05) is 0 Å². The third-order valence-electron chi connectivity index (χ3n) is 3.54. The molecule has 0 aliphatic heterocycles. The lowest BCUT2D eigenvalue weighted by Gasteiger charge is -2.08. The molecule has 2 aromatic carbocycles. The molecule has 1 heterocycles. The number of amides is 1. The first-order valence-electron chi connectivity index (χ1n) is 6.86. The third kappa shape index (κ3) is 2.83. The predicted molar refractivity (Wildman–Crippen MR) is 88.7 cm³/mol. The molecule has 0 unspecified atom stereocenters. The fourth-order valence-corrected chi connectivity index (χ4v) is 2.43. The Morgan fingerprint density at radius 2 is 1.96 bits per heavy atom. The number of hydrogen-bond acceptors (Lipinski definition) is 3. The van der Waals surface area contributed by atoms with Gasteiger partial charge in [0.2, 0.25) is 0 Å². The summed E-state index contributed by atoms with van der Waals surface area (Å²) in [5, 5.41) is 2.73. The van der Waals surface area contributed by atoms with E-state index in [9.17, 15) is 18.4 Å². The predicted octanol–water partition coefficient (Wildman–Crippen LogP) is 3.13. The lowest BCUT2D eigenvalue weighted by atomic mass is 10.1. The van der Waals surface area contributed by atoms with Crippen LogP contribution in [0.15, 0.2) is 41.2 Å². The number of carbonyl (C=O) groups is 1. The van der Waals surface area contributed by atoms with E-state index in [-0.39, 0.29) is 21.6 Å². The van der Waals surface area contributed by atoms with Crippen LogP contribution in [0.1, 0.15) is 10.4 Å². The van der Waals surface area contributed by atoms with Gasteiger partial charge in [0, 0.05) is 18.7 Å². The summed E-state index contributed by atoms with van der Waals surface area (Å²) in [4.78, 5) is 27.2. The van der Waals surface area contributed by atoms with Crippen LogP contribution in [-0.4, -0.2) is 15.5 Å². The van der Waals surface area contributed by atoms with E-state index in [1.165, 1.54) is 22.8 Å². The summed E-state index contributed by atoms with van der Waals surface area (Å²) in [7, 11) is 1.54. The normalized spacial score (nSPS) is 10.8. The maximum absolute atomic E-state index is 13.6. The SMILES string of the molecule is Cn1c(=S)[nH]c2cc(C(=O)Nc3ccc(F)cc3F)ccc2c1=O. The Hall–Kier alpha value is -2.87. The minimum atomic E-state index is -0.877. The molecule has 5 nitrogen and oxygen atoms in total. The molecule has 0 saturated heterocycles. The Morgan fingerprint density at radius 3 is 2.67 bits per heavy atom. The number of rotatable bonds is 2. The molecular weight excluding hydrogens is 336 g/mol. The van der Waals surface area contributed by atoms with Crippen molar-refractivity contribution < 1.29 is 13.6 Å². The molecule has 1 aromatic heterocycles. The van der Waals surface area contributed by atoms with Gasteiger partial charge in [-0.05, 0) is 42.5 Å². The first kappa shape index (κ1) is 16.0. The monoisotopic (exact) mass is 347 g/mol. The maximum Gasteiger partial charge on any atom is 0.261 e. The number of aromatic amines is 1. The Bertz CT molecular complexity index is 1090. The van der Waals surface area contributed by atoms with E-state index in [0.717, 1.165) is 12.1 Å².